The Balaban J connectivity index is 1.75. The zero-order valence-corrected chi connectivity index (χ0v) is 19.9. The number of imidazole rings is 1. The number of nitrogens with two attached hydrogens (primary N) is 1. The molecule has 0 atom stereocenters. The molecule has 1 heterocycles. The van der Waals surface area contributed by atoms with Gasteiger partial charge in [0.15, 0.2) is 0 Å². The highest BCUT2D eigenvalue weighted by Crippen LogP contribution is 2.30. The van der Waals surface area contributed by atoms with Gasteiger partial charge in [0, 0.05) is 6.54 Å². The predicted octanol–water partition coefficient (Wildman–Crippen LogP) is 4.71. The molecule has 3 aromatic carbocycles. The molecule has 0 spiro atoms. The van der Waals surface area contributed by atoms with Crippen LogP contribution in [-0.4, -0.2) is 29.9 Å². The second-order valence-electron chi connectivity index (χ2n) is 8.37. The maximum absolute atomic E-state index is 11.9. The van der Waals surface area contributed by atoms with Gasteiger partial charge >= 0.3 is 0 Å². The first-order chi connectivity index (χ1) is 15.9. The summed E-state index contributed by atoms with van der Waals surface area (Å²) >= 11 is 0. The smallest absolute Gasteiger partial charge is 0.238 e. The number of fused-ring (bicyclic) bond motifs is 1. The number of aromatic nitrogens is 2. The van der Waals surface area contributed by atoms with E-state index in [1.54, 1.807) is 12.1 Å². The molecular weight excluding hydrogens is 432 g/mol. The Morgan fingerprint density at radius 1 is 0.970 bits per heavy atom. The molecule has 0 saturated heterocycles. The molecule has 6 nitrogen and oxygen atoms in total. The summed E-state index contributed by atoms with van der Waals surface area (Å²) in [6.07, 6.45) is 2.07. The van der Waals surface area contributed by atoms with E-state index < -0.39 is 10.0 Å². The van der Waals surface area contributed by atoms with E-state index in [1.165, 1.54) is 11.1 Å². The topological polar surface area (TPSA) is 81.2 Å². The quantitative estimate of drug-likeness (QED) is 0.391. The molecule has 2 N–H and O–H groups in total. The number of benzene rings is 3. The van der Waals surface area contributed by atoms with Crippen LogP contribution in [0.1, 0.15) is 42.8 Å². The Bertz CT molecular complexity index is 1280. The number of nitrogens with zero attached hydrogens (tertiary/aromatic N) is 3. The molecule has 33 heavy (non-hydrogen) atoms. The van der Waals surface area contributed by atoms with Gasteiger partial charge < -0.3 is 4.57 Å². The lowest BCUT2D eigenvalue weighted by atomic mass is 9.97. The molecule has 0 saturated carbocycles. The number of unbranched alkanes of at least 4 members (excludes halogenated alkanes) is 1. The highest BCUT2D eigenvalue weighted by molar-refractivity contribution is 7.89. The van der Waals surface area contributed by atoms with Crippen molar-refractivity contribution in [3.05, 3.63) is 95.8 Å². The number of primary sulfonamides is 1. The van der Waals surface area contributed by atoms with E-state index >= 15 is 0 Å². The van der Waals surface area contributed by atoms with Crippen molar-refractivity contribution in [2.45, 2.75) is 43.8 Å². The third-order valence-electron chi connectivity index (χ3n) is 5.92. The van der Waals surface area contributed by atoms with E-state index in [9.17, 15) is 8.42 Å². The molecule has 4 rings (SSSR count). The Kier molecular flexibility index (Phi) is 6.93. The van der Waals surface area contributed by atoms with Crippen LogP contribution >= 0.6 is 0 Å². The highest BCUT2D eigenvalue weighted by Gasteiger charge is 2.22. The fraction of sp³-hybridized carbons (Fsp3) is 0.269. The van der Waals surface area contributed by atoms with Crippen LogP contribution in [-0.2, 0) is 23.1 Å². The predicted molar refractivity (Wildman–Crippen MR) is 132 cm³/mol. The van der Waals surface area contributed by atoms with E-state index in [-0.39, 0.29) is 10.9 Å². The maximum Gasteiger partial charge on any atom is 0.238 e. The van der Waals surface area contributed by atoms with Gasteiger partial charge in [-0.25, -0.2) is 18.5 Å². The maximum atomic E-state index is 11.9. The average molecular weight is 463 g/mol. The Morgan fingerprint density at radius 3 is 2.12 bits per heavy atom. The van der Waals surface area contributed by atoms with Crippen LogP contribution in [0.15, 0.2) is 83.8 Å². The van der Waals surface area contributed by atoms with Gasteiger partial charge in [0.2, 0.25) is 10.0 Å². The first-order valence-corrected chi connectivity index (χ1v) is 12.7. The van der Waals surface area contributed by atoms with Gasteiger partial charge in [0.25, 0.3) is 0 Å². The number of sulfonamides is 1. The Morgan fingerprint density at radius 2 is 1.58 bits per heavy atom. The minimum Gasteiger partial charge on any atom is -0.327 e. The lowest BCUT2D eigenvalue weighted by Gasteiger charge is -2.29. The summed E-state index contributed by atoms with van der Waals surface area (Å²) in [6, 6.07) is 25.9. The zero-order valence-electron chi connectivity index (χ0n) is 19.1. The summed E-state index contributed by atoms with van der Waals surface area (Å²) in [6.45, 7) is 3.59. The van der Waals surface area contributed by atoms with Crippen LogP contribution in [0.25, 0.3) is 11.0 Å². The van der Waals surface area contributed by atoms with Crippen molar-refractivity contribution >= 4 is 21.1 Å². The number of rotatable bonds is 9. The lowest BCUT2D eigenvalue weighted by molar-refractivity contribution is 0.260. The van der Waals surface area contributed by atoms with E-state index in [0.29, 0.717) is 12.1 Å². The molecule has 0 aliphatic carbocycles. The number of hydrogen-bond acceptors (Lipinski definition) is 4. The molecular formula is C26H30N4O2S. The monoisotopic (exact) mass is 462 g/mol. The van der Waals surface area contributed by atoms with Crippen LogP contribution in [0.4, 0.5) is 0 Å². The molecule has 0 aliphatic rings. The van der Waals surface area contributed by atoms with Gasteiger partial charge in [-0.1, -0.05) is 74.0 Å². The second kappa shape index (κ2) is 9.87. The summed E-state index contributed by atoms with van der Waals surface area (Å²) in [4.78, 5) is 7.22. The molecule has 4 aromatic rings. The van der Waals surface area contributed by atoms with Crippen LogP contribution in [0, 0.1) is 0 Å². The molecule has 0 bridgehead atoms. The highest BCUT2D eigenvalue weighted by atomic mass is 32.2. The minimum absolute atomic E-state index is 0.0619. The van der Waals surface area contributed by atoms with Gasteiger partial charge in [0.05, 0.1) is 28.5 Å². The fourth-order valence-electron chi connectivity index (χ4n) is 4.31. The van der Waals surface area contributed by atoms with Crippen LogP contribution in [0.5, 0.6) is 0 Å². The molecule has 7 heteroatoms. The molecule has 0 radical (unpaired) electrons. The largest absolute Gasteiger partial charge is 0.327 e. The molecule has 0 fully saturated rings. The molecule has 172 valence electrons. The van der Waals surface area contributed by atoms with Gasteiger partial charge in [-0.2, -0.15) is 0 Å². The van der Waals surface area contributed by atoms with E-state index in [0.717, 1.165) is 30.7 Å². The second-order valence-corrected chi connectivity index (χ2v) is 9.93. The summed E-state index contributed by atoms with van der Waals surface area (Å²) in [5.41, 5.74) is 3.99. The minimum atomic E-state index is -3.78. The normalized spacial score (nSPS) is 12.2. The SMILES string of the molecule is CCCCn1c(CN(C)C(c2ccccc2)c2ccccc2)nc2cc(S(N)(=O)=O)ccc21. The first-order valence-electron chi connectivity index (χ1n) is 11.2. The van der Waals surface area contributed by atoms with Gasteiger partial charge in [-0.05, 0) is 42.8 Å². The summed E-state index contributed by atoms with van der Waals surface area (Å²) in [5.74, 6) is 0.907. The van der Waals surface area contributed by atoms with Gasteiger partial charge in [0.1, 0.15) is 5.82 Å². The molecule has 0 amide bonds. The van der Waals surface area contributed by atoms with Crippen LogP contribution < -0.4 is 5.14 Å². The lowest BCUT2D eigenvalue weighted by Crippen LogP contribution is -2.27. The van der Waals surface area contributed by atoms with Crippen molar-refractivity contribution in [3.63, 3.8) is 0 Å². The van der Waals surface area contributed by atoms with Crippen LogP contribution in [0.2, 0.25) is 0 Å². The molecule has 1 aromatic heterocycles. The summed E-state index contributed by atoms with van der Waals surface area (Å²) in [5, 5.41) is 5.35. The van der Waals surface area contributed by atoms with Crippen molar-refractivity contribution in [3.8, 4) is 0 Å². The van der Waals surface area contributed by atoms with Crippen LogP contribution in [0.3, 0.4) is 0 Å². The fourth-order valence-corrected chi connectivity index (χ4v) is 4.84. The Hall–Kier alpha value is -3.00. The Labute approximate surface area is 195 Å². The van der Waals surface area contributed by atoms with E-state index in [4.69, 9.17) is 10.1 Å². The first kappa shape index (κ1) is 23.2. The zero-order chi connectivity index (χ0) is 23.4. The van der Waals surface area contributed by atoms with Gasteiger partial charge in [-0.15, -0.1) is 0 Å². The van der Waals surface area contributed by atoms with Crippen molar-refractivity contribution in [2.75, 3.05) is 7.05 Å². The number of aryl methyl sites for hydroxylation is 1. The standard InChI is InChI=1S/C26H30N4O2S/c1-3-4-17-30-24-16-15-22(33(27,31)32)18-23(24)28-25(30)19-29(2)26(20-11-7-5-8-12-20)21-13-9-6-10-14-21/h5-16,18,26H,3-4,17,19H2,1-2H3,(H2,27,31,32). The molecule has 0 aliphatic heterocycles. The third kappa shape index (κ3) is 5.16. The van der Waals surface area contributed by atoms with Gasteiger partial charge in [-0.3, -0.25) is 4.90 Å². The number of hydrogen-bond donors (Lipinski definition) is 1. The van der Waals surface area contributed by atoms with Crippen molar-refractivity contribution in [1.29, 1.82) is 0 Å². The van der Waals surface area contributed by atoms with E-state index in [1.807, 2.05) is 18.2 Å². The van der Waals surface area contributed by atoms with Crippen molar-refractivity contribution < 1.29 is 8.42 Å². The van der Waals surface area contributed by atoms with E-state index in [2.05, 4.69) is 72.0 Å². The molecule has 0 unspecified atom stereocenters. The third-order valence-corrected chi connectivity index (χ3v) is 6.84. The van der Waals surface area contributed by atoms with Crippen molar-refractivity contribution in [2.24, 2.45) is 5.14 Å². The summed E-state index contributed by atoms with van der Waals surface area (Å²) in [7, 11) is -1.68. The summed E-state index contributed by atoms with van der Waals surface area (Å²) < 4.78 is 25.9. The van der Waals surface area contributed by atoms with Crippen molar-refractivity contribution in [1.82, 2.24) is 14.5 Å². The average Bonchev–Trinajstić information content (AvgIpc) is 3.14.